The molecule has 0 aromatic heterocycles. The molecule has 0 radical (unpaired) electrons. The standard InChI is InChI=1S/C14H12Cl2N2OS/c15-10-7-13(11(16)6-12(10)17)18-14(19)8-20-9-4-2-1-3-5-9/h1-7H,8,17H2,(H,18,19). The van der Waals surface area contributed by atoms with Crippen LogP contribution in [0.4, 0.5) is 11.4 Å². The molecule has 0 fully saturated rings. The predicted molar refractivity (Wildman–Crippen MR) is 86.7 cm³/mol. The molecule has 0 heterocycles. The fraction of sp³-hybridized carbons (Fsp3) is 0.0714. The lowest BCUT2D eigenvalue weighted by Gasteiger charge is -2.09. The van der Waals surface area contributed by atoms with Crippen LogP contribution in [0.15, 0.2) is 47.4 Å². The van der Waals surface area contributed by atoms with Crippen LogP contribution in [-0.4, -0.2) is 11.7 Å². The van der Waals surface area contributed by atoms with Gasteiger partial charge in [-0.25, -0.2) is 0 Å². The summed E-state index contributed by atoms with van der Waals surface area (Å²) < 4.78 is 0. The molecule has 0 aliphatic rings. The number of nitrogen functional groups attached to an aromatic ring is 1. The van der Waals surface area contributed by atoms with Gasteiger partial charge in [0.05, 0.1) is 27.2 Å². The van der Waals surface area contributed by atoms with Gasteiger partial charge in [-0.15, -0.1) is 11.8 Å². The van der Waals surface area contributed by atoms with Crippen LogP contribution in [0.25, 0.3) is 0 Å². The van der Waals surface area contributed by atoms with Crippen molar-refractivity contribution in [2.75, 3.05) is 16.8 Å². The molecule has 0 bridgehead atoms. The van der Waals surface area contributed by atoms with Gasteiger partial charge in [0.25, 0.3) is 0 Å². The summed E-state index contributed by atoms with van der Waals surface area (Å²) in [6.45, 7) is 0. The molecule has 2 rings (SSSR count). The van der Waals surface area contributed by atoms with Crippen molar-refractivity contribution in [1.82, 2.24) is 0 Å². The van der Waals surface area contributed by atoms with E-state index < -0.39 is 0 Å². The summed E-state index contributed by atoms with van der Waals surface area (Å²) in [5.41, 5.74) is 6.47. The second kappa shape index (κ2) is 6.88. The number of amides is 1. The summed E-state index contributed by atoms with van der Waals surface area (Å²) in [6, 6.07) is 12.7. The van der Waals surface area contributed by atoms with E-state index in [4.69, 9.17) is 28.9 Å². The van der Waals surface area contributed by atoms with E-state index in [0.717, 1.165) is 4.90 Å². The first kappa shape index (κ1) is 15.0. The number of benzene rings is 2. The fourth-order valence-corrected chi connectivity index (χ4v) is 2.61. The third-order valence-electron chi connectivity index (χ3n) is 2.47. The van der Waals surface area contributed by atoms with Gasteiger partial charge in [0.15, 0.2) is 0 Å². The SMILES string of the molecule is Nc1cc(Cl)c(NC(=O)CSc2ccccc2)cc1Cl. The molecule has 2 aromatic carbocycles. The van der Waals surface area contributed by atoms with Crippen molar-refractivity contribution >= 4 is 52.2 Å². The van der Waals surface area contributed by atoms with Crippen molar-refractivity contribution in [3.8, 4) is 0 Å². The maximum absolute atomic E-state index is 11.9. The van der Waals surface area contributed by atoms with Crippen LogP contribution in [-0.2, 0) is 4.79 Å². The lowest BCUT2D eigenvalue weighted by atomic mass is 10.3. The molecule has 0 spiro atoms. The summed E-state index contributed by atoms with van der Waals surface area (Å²) >= 11 is 13.4. The molecule has 20 heavy (non-hydrogen) atoms. The highest BCUT2D eigenvalue weighted by atomic mass is 35.5. The fourth-order valence-electron chi connectivity index (χ4n) is 1.51. The summed E-state index contributed by atoms with van der Waals surface area (Å²) in [5.74, 6) is 0.143. The van der Waals surface area contributed by atoms with Crippen LogP contribution in [0.5, 0.6) is 0 Å². The molecule has 0 saturated heterocycles. The van der Waals surface area contributed by atoms with Gasteiger partial charge in [0.2, 0.25) is 5.91 Å². The van der Waals surface area contributed by atoms with Gasteiger partial charge in [-0.05, 0) is 24.3 Å². The highest BCUT2D eigenvalue weighted by molar-refractivity contribution is 8.00. The second-order valence-electron chi connectivity index (χ2n) is 4.00. The maximum atomic E-state index is 11.9. The zero-order valence-electron chi connectivity index (χ0n) is 10.4. The van der Waals surface area contributed by atoms with Gasteiger partial charge in [-0.2, -0.15) is 0 Å². The van der Waals surface area contributed by atoms with Gasteiger partial charge in [0, 0.05) is 4.90 Å². The van der Waals surface area contributed by atoms with E-state index in [9.17, 15) is 4.79 Å². The molecule has 0 aliphatic heterocycles. The zero-order valence-corrected chi connectivity index (χ0v) is 12.7. The van der Waals surface area contributed by atoms with E-state index in [0.29, 0.717) is 27.2 Å². The number of thioether (sulfide) groups is 1. The van der Waals surface area contributed by atoms with Crippen LogP contribution in [0.2, 0.25) is 10.0 Å². The van der Waals surface area contributed by atoms with E-state index >= 15 is 0 Å². The van der Waals surface area contributed by atoms with E-state index in [1.54, 1.807) is 6.07 Å². The Hall–Kier alpha value is -1.36. The molecule has 104 valence electrons. The third-order valence-corrected chi connectivity index (χ3v) is 4.13. The van der Waals surface area contributed by atoms with E-state index in [1.807, 2.05) is 30.3 Å². The minimum absolute atomic E-state index is 0.151. The van der Waals surface area contributed by atoms with Crippen LogP contribution in [0.3, 0.4) is 0 Å². The van der Waals surface area contributed by atoms with Gasteiger partial charge in [0.1, 0.15) is 0 Å². The zero-order chi connectivity index (χ0) is 14.5. The Morgan fingerprint density at radius 2 is 1.85 bits per heavy atom. The Bertz CT molecular complexity index is 620. The highest BCUT2D eigenvalue weighted by Crippen LogP contribution is 2.31. The molecule has 6 heteroatoms. The molecule has 1 amide bonds. The number of anilines is 2. The summed E-state index contributed by atoms with van der Waals surface area (Å²) in [6.07, 6.45) is 0. The van der Waals surface area contributed by atoms with E-state index in [2.05, 4.69) is 5.32 Å². The minimum atomic E-state index is -0.151. The average Bonchev–Trinajstić information content (AvgIpc) is 2.44. The number of nitrogens with two attached hydrogens (primary N) is 1. The van der Waals surface area contributed by atoms with Crippen LogP contribution in [0, 0.1) is 0 Å². The monoisotopic (exact) mass is 326 g/mol. The van der Waals surface area contributed by atoms with E-state index in [1.165, 1.54) is 17.8 Å². The number of carbonyl (C=O) groups is 1. The topological polar surface area (TPSA) is 55.1 Å². The quantitative estimate of drug-likeness (QED) is 0.650. The maximum Gasteiger partial charge on any atom is 0.234 e. The number of hydrogen-bond acceptors (Lipinski definition) is 3. The average molecular weight is 327 g/mol. The molecule has 3 nitrogen and oxygen atoms in total. The van der Waals surface area contributed by atoms with Crippen molar-refractivity contribution in [2.24, 2.45) is 0 Å². The lowest BCUT2D eigenvalue weighted by Crippen LogP contribution is -2.14. The highest BCUT2D eigenvalue weighted by Gasteiger charge is 2.09. The number of nitrogens with one attached hydrogen (secondary N) is 1. The molecule has 0 aliphatic carbocycles. The van der Waals surface area contributed by atoms with Crippen LogP contribution in [0.1, 0.15) is 0 Å². The smallest absolute Gasteiger partial charge is 0.234 e. The minimum Gasteiger partial charge on any atom is -0.397 e. The lowest BCUT2D eigenvalue weighted by molar-refractivity contribution is -0.113. The summed E-state index contributed by atoms with van der Waals surface area (Å²) in [7, 11) is 0. The molecular formula is C14H12Cl2N2OS. The summed E-state index contributed by atoms with van der Waals surface area (Å²) in [4.78, 5) is 12.9. The normalized spacial score (nSPS) is 10.3. The van der Waals surface area contributed by atoms with Crippen LogP contribution < -0.4 is 11.1 Å². The Balaban J connectivity index is 1.97. The largest absolute Gasteiger partial charge is 0.397 e. The van der Waals surface area contributed by atoms with Crippen molar-refractivity contribution in [3.05, 3.63) is 52.5 Å². The molecule has 0 unspecified atom stereocenters. The van der Waals surface area contributed by atoms with Crippen molar-refractivity contribution in [1.29, 1.82) is 0 Å². The number of hydrogen-bond donors (Lipinski definition) is 2. The Morgan fingerprint density at radius 1 is 1.15 bits per heavy atom. The third kappa shape index (κ3) is 4.07. The number of halogens is 2. The Labute approximate surface area is 131 Å². The first-order valence-electron chi connectivity index (χ1n) is 5.78. The van der Waals surface area contributed by atoms with Crippen molar-refractivity contribution < 1.29 is 4.79 Å². The van der Waals surface area contributed by atoms with Crippen molar-refractivity contribution in [2.45, 2.75) is 4.90 Å². The molecule has 0 saturated carbocycles. The molecular weight excluding hydrogens is 315 g/mol. The van der Waals surface area contributed by atoms with Gasteiger partial charge in [-0.3, -0.25) is 4.79 Å². The second-order valence-corrected chi connectivity index (χ2v) is 5.87. The van der Waals surface area contributed by atoms with Crippen LogP contribution >= 0.6 is 35.0 Å². The number of rotatable bonds is 4. The summed E-state index contributed by atoms with van der Waals surface area (Å²) in [5, 5.41) is 3.44. The number of carbonyl (C=O) groups excluding carboxylic acids is 1. The first-order chi connectivity index (χ1) is 9.56. The first-order valence-corrected chi connectivity index (χ1v) is 7.52. The van der Waals surface area contributed by atoms with Gasteiger partial charge >= 0.3 is 0 Å². The molecule has 2 aromatic rings. The Kier molecular flexibility index (Phi) is 5.17. The molecule has 0 atom stereocenters. The van der Waals surface area contributed by atoms with E-state index in [-0.39, 0.29) is 5.91 Å². The van der Waals surface area contributed by atoms with Gasteiger partial charge < -0.3 is 11.1 Å². The van der Waals surface area contributed by atoms with Crippen molar-refractivity contribution in [3.63, 3.8) is 0 Å². The van der Waals surface area contributed by atoms with Gasteiger partial charge in [-0.1, -0.05) is 41.4 Å². The Morgan fingerprint density at radius 3 is 2.55 bits per heavy atom. The molecule has 3 N–H and O–H groups in total. The predicted octanol–water partition coefficient (Wildman–Crippen LogP) is 4.31.